The maximum atomic E-state index is 11.2. The van der Waals surface area contributed by atoms with Crippen LogP contribution in [0.4, 0.5) is 5.82 Å². The SMILES string of the molecule is COC(=O)CCO[C@@H]1[C@H](O)[C@@H](CO)O[C@H]1n1cnc2c(N)ncnc21. The van der Waals surface area contributed by atoms with E-state index in [0.29, 0.717) is 11.2 Å². The first-order valence-electron chi connectivity index (χ1n) is 7.62. The zero-order valence-corrected chi connectivity index (χ0v) is 13.5. The molecule has 25 heavy (non-hydrogen) atoms. The molecule has 0 spiro atoms. The van der Waals surface area contributed by atoms with E-state index in [4.69, 9.17) is 15.2 Å². The summed E-state index contributed by atoms with van der Waals surface area (Å²) in [5.74, 6) is -0.221. The van der Waals surface area contributed by atoms with Crippen LogP contribution in [-0.2, 0) is 19.0 Å². The van der Waals surface area contributed by atoms with E-state index < -0.39 is 37.1 Å². The van der Waals surface area contributed by atoms with Crippen molar-refractivity contribution in [2.45, 2.75) is 31.0 Å². The molecule has 4 N–H and O–H groups in total. The number of aromatic nitrogens is 4. The van der Waals surface area contributed by atoms with Gasteiger partial charge in [0.1, 0.15) is 30.2 Å². The van der Waals surface area contributed by atoms with Gasteiger partial charge in [-0.2, -0.15) is 0 Å². The first-order valence-corrected chi connectivity index (χ1v) is 7.62. The fraction of sp³-hybridized carbons (Fsp3) is 0.571. The molecule has 3 rings (SSSR count). The van der Waals surface area contributed by atoms with E-state index in [1.165, 1.54) is 19.8 Å². The largest absolute Gasteiger partial charge is 0.469 e. The number of hydrogen-bond donors (Lipinski definition) is 3. The number of esters is 1. The molecule has 3 heterocycles. The van der Waals surface area contributed by atoms with Crippen LogP contribution in [0.25, 0.3) is 11.2 Å². The minimum absolute atomic E-state index is 0.0238. The minimum Gasteiger partial charge on any atom is -0.469 e. The van der Waals surface area contributed by atoms with E-state index in [2.05, 4.69) is 19.7 Å². The molecule has 0 aromatic carbocycles. The highest BCUT2D eigenvalue weighted by atomic mass is 16.6. The van der Waals surface area contributed by atoms with Crippen molar-refractivity contribution >= 4 is 23.0 Å². The Hall–Kier alpha value is -2.34. The number of fused-ring (bicyclic) bond motifs is 1. The summed E-state index contributed by atoms with van der Waals surface area (Å²) in [7, 11) is 1.28. The molecule has 2 aromatic rings. The number of aliphatic hydroxyl groups excluding tert-OH is 2. The van der Waals surface area contributed by atoms with Gasteiger partial charge in [0.2, 0.25) is 0 Å². The molecule has 1 aliphatic rings. The van der Waals surface area contributed by atoms with Crippen LogP contribution in [0.15, 0.2) is 12.7 Å². The van der Waals surface area contributed by atoms with Crippen molar-refractivity contribution in [2.75, 3.05) is 26.1 Å². The van der Waals surface area contributed by atoms with Gasteiger partial charge < -0.3 is 30.2 Å². The smallest absolute Gasteiger partial charge is 0.307 e. The predicted octanol–water partition coefficient (Wildman–Crippen LogP) is -1.39. The van der Waals surface area contributed by atoms with Crippen LogP contribution in [-0.4, -0.2) is 74.3 Å². The molecule has 11 nitrogen and oxygen atoms in total. The van der Waals surface area contributed by atoms with Crippen LogP contribution in [0.1, 0.15) is 12.6 Å². The number of carbonyl (C=O) groups excluding carboxylic acids is 1. The number of imidazole rings is 1. The summed E-state index contributed by atoms with van der Waals surface area (Å²) in [6, 6.07) is 0. The summed E-state index contributed by atoms with van der Waals surface area (Å²) >= 11 is 0. The van der Waals surface area contributed by atoms with E-state index in [9.17, 15) is 15.0 Å². The highest BCUT2D eigenvalue weighted by Crippen LogP contribution is 2.33. The molecule has 2 aromatic heterocycles. The van der Waals surface area contributed by atoms with Gasteiger partial charge in [-0.1, -0.05) is 0 Å². The molecule has 0 amide bonds. The van der Waals surface area contributed by atoms with Crippen molar-refractivity contribution in [3.63, 3.8) is 0 Å². The number of aliphatic hydroxyl groups is 2. The fourth-order valence-corrected chi connectivity index (χ4v) is 2.71. The van der Waals surface area contributed by atoms with Crippen molar-refractivity contribution in [2.24, 2.45) is 0 Å². The fourth-order valence-electron chi connectivity index (χ4n) is 2.71. The van der Waals surface area contributed by atoms with E-state index in [1.54, 1.807) is 4.57 Å². The van der Waals surface area contributed by atoms with Crippen LogP contribution >= 0.6 is 0 Å². The lowest BCUT2D eigenvalue weighted by molar-refractivity contribution is -0.143. The Bertz CT molecular complexity index is 752. The number of methoxy groups -OCH3 is 1. The summed E-state index contributed by atoms with van der Waals surface area (Å²) in [5, 5.41) is 19.7. The molecule has 0 saturated carbocycles. The van der Waals surface area contributed by atoms with Crippen molar-refractivity contribution in [3.05, 3.63) is 12.7 Å². The third kappa shape index (κ3) is 3.26. The van der Waals surface area contributed by atoms with Crippen LogP contribution in [0.3, 0.4) is 0 Å². The van der Waals surface area contributed by atoms with Crippen molar-refractivity contribution in [1.29, 1.82) is 0 Å². The normalized spacial score (nSPS) is 26.2. The van der Waals surface area contributed by atoms with Crippen molar-refractivity contribution in [1.82, 2.24) is 19.5 Å². The quantitative estimate of drug-likeness (QED) is 0.528. The van der Waals surface area contributed by atoms with Crippen molar-refractivity contribution in [3.8, 4) is 0 Å². The molecular formula is C14H19N5O6. The second kappa shape index (κ2) is 7.27. The summed E-state index contributed by atoms with van der Waals surface area (Å²) in [5.41, 5.74) is 6.57. The summed E-state index contributed by atoms with van der Waals surface area (Å²) in [6.45, 7) is -0.367. The zero-order valence-electron chi connectivity index (χ0n) is 13.5. The number of nitrogens with zero attached hydrogens (tertiary/aromatic N) is 4. The molecule has 136 valence electrons. The molecule has 1 fully saturated rings. The first kappa shape index (κ1) is 17.5. The van der Waals surface area contributed by atoms with E-state index in [-0.39, 0.29) is 18.8 Å². The Morgan fingerprint density at radius 2 is 2.24 bits per heavy atom. The molecule has 11 heteroatoms. The maximum absolute atomic E-state index is 11.2. The summed E-state index contributed by atoms with van der Waals surface area (Å²) < 4.78 is 17.4. The lowest BCUT2D eigenvalue weighted by Gasteiger charge is -2.21. The number of nitrogen functional groups attached to an aromatic ring is 1. The van der Waals surface area contributed by atoms with Gasteiger partial charge in [-0.25, -0.2) is 15.0 Å². The van der Waals surface area contributed by atoms with E-state index in [1.807, 2.05) is 0 Å². The second-order valence-corrected chi connectivity index (χ2v) is 5.48. The molecule has 0 unspecified atom stereocenters. The Kier molecular flexibility index (Phi) is 5.08. The number of carbonyl (C=O) groups is 1. The van der Waals surface area contributed by atoms with Gasteiger partial charge in [-0.05, 0) is 0 Å². The van der Waals surface area contributed by atoms with Gasteiger partial charge >= 0.3 is 5.97 Å². The molecule has 0 aliphatic carbocycles. The topological polar surface area (TPSA) is 155 Å². The van der Waals surface area contributed by atoms with Crippen LogP contribution in [0, 0.1) is 0 Å². The molecule has 4 atom stereocenters. The molecule has 1 saturated heterocycles. The third-order valence-electron chi connectivity index (χ3n) is 4.00. The standard InChI is InChI=1S/C14H19N5O6/c1-23-8(21)2-3-24-11-10(22)7(4-20)25-14(11)19-6-18-9-12(15)16-5-17-13(9)19/h5-7,10-11,14,20,22H,2-4H2,1H3,(H2,15,16,17)/t7-,10-,11-,14-/m1/s1. The van der Waals surface area contributed by atoms with E-state index in [0.717, 1.165) is 0 Å². The number of anilines is 1. The van der Waals surface area contributed by atoms with Gasteiger partial charge in [0.25, 0.3) is 0 Å². The average molecular weight is 353 g/mol. The monoisotopic (exact) mass is 353 g/mol. The predicted molar refractivity (Wildman–Crippen MR) is 83.1 cm³/mol. The number of rotatable bonds is 6. The number of hydrogen-bond acceptors (Lipinski definition) is 10. The highest BCUT2D eigenvalue weighted by Gasteiger charge is 2.45. The summed E-state index contributed by atoms with van der Waals surface area (Å²) in [6.07, 6.45) is -0.814. The van der Waals surface area contributed by atoms with Crippen LogP contribution < -0.4 is 5.73 Å². The average Bonchev–Trinajstić information content (AvgIpc) is 3.17. The molecule has 1 aliphatic heterocycles. The van der Waals surface area contributed by atoms with Gasteiger partial charge in [-0.3, -0.25) is 9.36 Å². The molecule has 0 bridgehead atoms. The van der Waals surface area contributed by atoms with Gasteiger partial charge in [0.15, 0.2) is 17.7 Å². The van der Waals surface area contributed by atoms with Crippen molar-refractivity contribution < 1.29 is 29.2 Å². The minimum atomic E-state index is -1.09. The number of ether oxygens (including phenoxy) is 3. The lowest BCUT2D eigenvalue weighted by atomic mass is 10.1. The molecule has 0 radical (unpaired) electrons. The summed E-state index contributed by atoms with van der Waals surface area (Å²) in [4.78, 5) is 23.4. The Balaban J connectivity index is 1.85. The number of nitrogens with two attached hydrogens (primary N) is 1. The van der Waals surface area contributed by atoms with E-state index >= 15 is 0 Å². The molecular weight excluding hydrogens is 334 g/mol. The zero-order chi connectivity index (χ0) is 18.0. The highest BCUT2D eigenvalue weighted by molar-refractivity contribution is 5.81. The van der Waals surface area contributed by atoms with Gasteiger partial charge in [0.05, 0.1) is 33.1 Å². The van der Waals surface area contributed by atoms with Gasteiger partial charge in [0, 0.05) is 0 Å². The van der Waals surface area contributed by atoms with Gasteiger partial charge in [-0.15, -0.1) is 0 Å². The first-order chi connectivity index (χ1) is 12.1. The Morgan fingerprint density at radius 1 is 1.44 bits per heavy atom. The van der Waals surface area contributed by atoms with Crippen LogP contribution in [0.5, 0.6) is 0 Å². The maximum Gasteiger partial charge on any atom is 0.307 e. The lowest BCUT2D eigenvalue weighted by Crippen LogP contribution is -2.36. The Morgan fingerprint density at radius 3 is 2.96 bits per heavy atom. The third-order valence-corrected chi connectivity index (χ3v) is 4.00. The van der Waals surface area contributed by atoms with Crippen LogP contribution in [0.2, 0.25) is 0 Å². The second-order valence-electron chi connectivity index (χ2n) is 5.48. The Labute approximate surface area is 142 Å².